The number of unbranched alkanes of at least 4 members (excludes halogenated alkanes) is 1. The van der Waals surface area contributed by atoms with Gasteiger partial charge in [-0.1, -0.05) is 0 Å². The maximum atomic E-state index is 10.6. The number of halogens is 1. The SMILES string of the molecule is CN(C)Cc1ccc(CSCCNC(=C[N+](=O)[O-])NCCCCO)o1.Cl. The summed E-state index contributed by atoms with van der Waals surface area (Å²) in [5.41, 5.74) is 0. The van der Waals surface area contributed by atoms with E-state index in [9.17, 15) is 10.1 Å². The molecule has 0 saturated carbocycles. The molecule has 0 unspecified atom stereocenters. The molecule has 0 aliphatic carbocycles. The Hall–Kier alpha value is -1.42. The van der Waals surface area contributed by atoms with E-state index in [1.807, 2.05) is 26.2 Å². The molecule has 150 valence electrons. The predicted molar refractivity (Wildman–Crippen MR) is 107 cm³/mol. The fraction of sp³-hybridized carbons (Fsp3) is 0.625. The third-order valence-electron chi connectivity index (χ3n) is 3.13. The van der Waals surface area contributed by atoms with E-state index in [0.717, 1.165) is 42.2 Å². The van der Waals surface area contributed by atoms with Crippen molar-refractivity contribution in [3.63, 3.8) is 0 Å². The van der Waals surface area contributed by atoms with Gasteiger partial charge in [-0.05, 0) is 39.1 Å². The zero-order valence-electron chi connectivity index (χ0n) is 15.3. The van der Waals surface area contributed by atoms with E-state index in [-0.39, 0.29) is 19.0 Å². The van der Waals surface area contributed by atoms with Gasteiger partial charge in [0.15, 0.2) is 5.82 Å². The lowest BCUT2D eigenvalue weighted by atomic mass is 10.3. The number of nitro groups is 1. The smallest absolute Gasteiger partial charge is 0.274 e. The van der Waals surface area contributed by atoms with E-state index in [2.05, 4.69) is 15.5 Å². The van der Waals surface area contributed by atoms with E-state index >= 15 is 0 Å². The van der Waals surface area contributed by atoms with E-state index in [4.69, 9.17) is 9.52 Å². The monoisotopic (exact) mass is 408 g/mol. The van der Waals surface area contributed by atoms with E-state index in [1.165, 1.54) is 0 Å². The average molecular weight is 409 g/mol. The Morgan fingerprint density at radius 3 is 2.65 bits per heavy atom. The molecule has 0 radical (unpaired) electrons. The Labute approximate surface area is 164 Å². The summed E-state index contributed by atoms with van der Waals surface area (Å²) >= 11 is 1.70. The molecule has 1 rings (SSSR count). The number of nitrogens with zero attached hydrogens (tertiary/aromatic N) is 2. The molecule has 1 heterocycles. The molecular formula is C16H29ClN4O4S. The Bertz CT molecular complexity index is 540. The first-order valence-corrected chi connectivity index (χ1v) is 9.40. The topological polar surface area (TPSA) is 104 Å². The molecular weight excluding hydrogens is 380 g/mol. The molecule has 0 amide bonds. The molecule has 0 saturated heterocycles. The van der Waals surface area contributed by atoms with E-state index < -0.39 is 4.92 Å². The van der Waals surface area contributed by atoms with Crippen LogP contribution in [0.1, 0.15) is 24.4 Å². The standard InChI is InChI=1S/C16H28N4O4S.ClH/c1-19(2)11-14-5-6-15(24-14)13-25-10-8-18-16(12-20(22)23)17-7-3-4-9-21;/h5-6,12,17-18,21H,3-4,7-11,13H2,1-2H3;1H. The van der Waals surface area contributed by atoms with Crippen LogP contribution in [0.5, 0.6) is 0 Å². The van der Waals surface area contributed by atoms with Crippen molar-refractivity contribution < 1.29 is 14.4 Å². The van der Waals surface area contributed by atoms with Crippen molar-refractivity contribution in [3.8, 4) is 0 Å². The number of aliphatic hydroxyl groups is 1. The molecule has 26 heavy (non-hydrogen) atoms. The maximum absolute atomic E-state index is 10.6. The lowest BCUT2D eigenvalue weighted by molar-refractivity contribution is -0.404. The summed E-state index contributed by atoms with van der Waals surface area (Å²) < 4.78 is 5.73. The molecule has 3 N–H and O–H groups in total. The first-order valence-electron chi connectivity index (χ1n) is 8.25. The van der Waals surface area contributed by atoms with Crippen molar-refractivity contribution in [3.05, 3.63) is 45.8 Å². The molecule has 1 aromatic heterocycles. The normalized spacial score (nSPS) is 11.3. The Kier molecular flexibility index (Phi) is 13.9. The maximum Gasteiger partial charge on any atom is 0.274 e. The fourth-order valence-electron chi connectivity index (χ4n) is 2.05. The lowest BCUT2D eigenvalue weighted by Crippen LogP contribution is -2.29. The quantitative estimate of drug-likeness (QED) is 0.244. The molecule has 0 spiro atoms. The first-order chi connectivity index (χ1) is 12.0. The van der Waals surface area contributed by atoms with Gasteiger partial charge in [0.2, 0.25) is 0 Å². The zero-order valence-corrected chi connectivity index (χ0v) is 16.9. The average Bonchev–Trinajstić information content (AvgIpc) is 2.97. The van der Waals surface area contributed by atoms with Crippen LogP contribution in [0.2, 0.25) is 0 Å². The molecule has 10 heteroatoms. The summed E-state index contributed by atoms with van der Waals surface area (Å²) in [5.74, 6) is 3.85. The second-order valence-corrected chi connectivity index (χ2v) is 6.88. The number of aliphatic hydroxyl groups excluding tert-OH is 1. The highest BCUT2D eigenvalue weighted by Crippen LogP contribution is 2.15. The summed E-state index contributed by atoms with van der Waals surface area (Å²) in [7, 11) is 3.99. The van der Waals surface area contributed by atoms with Gasteiger partial charge in [0.25, 0.3) is 6.20 Å². The molecule has 1 aromatic rings. The highest BCUT2D eigenvalue weighted by Gasteiger charge is 2.05. The van der Waals surface area contributed by atoms with Gasteiger partial charge in [-0.2, -0.15) is 11.8 Å². The summed E-state index contributed by atoms with van der Waals surface area (Å²) in [6, 6.07) is 3.97. The van der Waals surface area contributed by atoms with Gasteiger partial charge >= 0.3 is 0 Å². The van der Waals surface area contributed by atoms with E-state index in [0.29, 0.717) is 25.3 Å². The number of hydrogen-bond acceptors (Lipinski definition) is 8. The molecule has 8 nitrogen and oxygen atoms in total. The molecule has 0 aromatic carbocycles. The number of furan rings is 1. The summed E-state index contributed by atoms with van der Waals surface area (Å²) in [5, 5.41) is 25.4. The summed E-state index contributed by atoms with van der Waals surface area (Å²) in [6.45, 7) is 2.11. The van der Waals surface area contributed by atoms with Crippen molar-refractivity contribution in [2.24, 2.45) is 0 Å². The van der Waals surface area contributed by atoms with Gasteiger partial charge in [-0.25, -0.2) is 0 Å². The van der Waals surface area contributed by atoms with Gasteiger partial charge in [0.1, 0.15) is 11.5 Å². The van der Waals surface area contributed by atoms with Crippen LogP contribution >= 0.6 is 24.2 Å². The Morgan fingerprint density at radius 1 is 1.31 bits per heavy atom. The minimum atomic E-state index is -0.482. The highest BCUT2D eigenvalue weighted by molar-refractivity contribution is 7.98. The molecule has 0 aliphatic heterocycles. The third-order valence-corrected chi connectivity index (χ3v) is 4.11. The van der Waals surface area contributed by atoms with Gasteiger partial charge in [-0.3, -0.25) is 10.1 Å². The minimum Gasteiger partial charge on any atom is -0.464 e. The van der Waals surface area contributed by atoms with Crippen molar-refractivity contribution >= 4 is 24.2 Å². The van der Waals surface area contributed by atoms with E-state index in [1.54, 1.807) is 11.8 Å². The lowest BCUT2D eigenvalue weighted by Gasteiger charge is -2.10. The van der Waals surface area contributed by atoms with Crippen LogP contribution < -0.4 is 10.6 Å². The van der Waals surface area contributed by atoms with Crippen LogP contribution in [-0.2, 0) is 12.3 Å². The summed E-state index contributed by atoms with van der Waals surface area (Å²) in [4.78, 5) is 12.2. The van der Waals surface area contributed by atoms with Crippen molar-refractivity contribution in [1.82, 2.24) is 15.5 Å². The van der Waals surface area contributed by atoms with Crippen LogP contribution in [0.4, 0.5) is 0 Å². The van der Waals surface area contributed by atoms with Crippen molar-refractivity contribution in [1.29, 1.82) is 0 Å². The highest BCUT2D eigenvalue weighted by atomic mass is 35.5. The third kappa shape index (κ3) is 12.0. The van der Waals surface area contributed by atoms with Crippen LogP contribution in [0.3, 0.4) is 0 Å². The zero-order chi connectivity index (χ0) is 18.5. The van der Waals surface area contributed by atoms with Gasteiger partial charge in [0.05, 0.1) is 17.2 Å². The number of hydrogen-bond donors (Lipinski definition) is 3. The minimum absolute atomic E-state index is 0. The Balaban J connectivity index is 0.00000625. The van der Waals surface area contributed by atoms with Gasteiger partial charge < -0.3 is 25.1 Å². The predicted octanol–water partition coefficient (Wildman–Crippen LogP) is 2.02. The Morgan fingerprint density at radius 2 is 2.00 bits per heavy atom. The van der Waals surface area contributed by atoms with Crippen LogP contribution in [0, 0.1) is 10.1 Å². The molecule has 0 atom stereocenters. The molecule has 0 fully saturated rings. The van der Waals surface area contributed by atoms with Crippen LogP contribution in [0.25, 0.3) is 0 Å². The van der Waals surface area contributed by atoms with Crippen molar-refractivity contribution in [2.75, 3.05) is 39.5 Å². The fourth-order valence-corrected chi connectivity index (χ4v) is 2.79. The second-order valence-electron chi connectivity index (χ2n) is 5.77. The van der Waals surface area contributed by atoms with Crippen LogP contribution in [0.15, 0.2) is 28.6 Å². The molecule has 0 bridgehead atoms. The number of nitrogens with one attached hydrogen (secondary N) is 2. The number of rotatable bonds is 14. The summed E-state index contributed by atoms with van der Waals surface area (Å²) in [6.07, 6.45) is 2.37. The number of thioether (sulfide) groups is 1. The van der Waals surface area contributed by atoms with Gasteiger partial charge in [-0.15, -0.1) is 12.4 Å². The van der Waals surface area contributed by atoms with Crippen molar-refractivity contribution in [2.45, 2.75) is 25.1 Å². The molecule has 0 aliphatic rings. The van der Waals surface area contributed by atoms with Crippen LogP contribution in [-0.4, -0.2) is 54.5 Å². The second kappa shape index (κ2) is 14.7. The largest absolute Gasteiger partial charge is 0.464 e. The first kappa shape index (κ1) is 24.6. The van der Waals surface area contributed by atoms with Gasteiger partial charge in [0, 0.05) is 25.4 Å².